The summed E-state index contributed by atoms with van der Waals surface area (Å²) < 4.78 is 61.7. The number of carbonyl (C=O) groups is 2. The minimum atomic E-state index is -1.86. The summed E-state index contributed by atoms with van der Waals surface area (Å²) in [5, 5.41) is 73.5. The van der Waals surface area contributed by atoms with Crippen molar-refractivity contribution < 1.29 is 72.7 Å². The van der Waals surface area contributed by atoms with E-state index in [0.29, 0.717) is 61.5 Å². The molecule has 4 aliphatic rings. The molecule has 6 N–H and O–H groups in total. The van der Waals surface area contributed by atoms with Crippen LogP contribution in [-0.4, -0.2) is 205 Å². The highest BCUT2D eigenvalue weighted by Gasteiger charge is 2.53. The van der Waals surface area contributed by atoms with Crippen molar-refractivity contribution in [3.63, 3.8) is 0 Å². The van der Waals surface area contributed by atoms with Gasteiger partial charge in [-0.25, -0.2) is 13.9 Å². The van der Waals surface area contributed by atoms with E-state index in [1.165, 1.54) is 25.0 Å². The molecular formula is C68H97FN8O14. The normalized spacial score (nSPS) is 35.1. The van der Waals surface area contributed by atoms with Gasteiger partial charge in [0.2, 0.25) is 0 Å². The largest absolute Gasteiger partial charge is 0.459 e. The third-order valence-corrected chi connectivity index (χ3v) is 19.6. The molecule has 0 unspecified atom stereocenters. The zero-order valence-electron chi connectivity index (χ0n) is 55.0. The van der Waals surface area contributed by atoms with Gasteiger partial charge < -0.3 is 73.8 Å². The highest BCUT2D eigenvalue weighted by Crippen LogP contribution is 2.41. The Morgan fingerprint density at radius 2 is 1.62 bits per heavy atom. The van der Waals surface area contributed by atoms with E-state index < -0.39 is 126 Å². The number of fused-ring (bicyclic) bond motifs is 1. The molecule has 0 saturated carbocycles. The number of nitrogens with one attached hydrogen (secondary N) is 1. The number of aromatic nitrogens is 4. The molecule has 6 heterocycles. The van der Waals surface area contributed by atoms with Crippen molar-refractivity contribution >= 4 is 28.7 Å². The number of para-hydroxylation sites is 1. The molecule has 500 valence electrons. The van der Waals surface area contributed by atoms with Crippen LogP contribution in [0.15, 0.2) is 85.2 Å². The molecule has 5 aromatic rings. The van der Waals surface area contributed by atoms with Gasteiger partial charge in [-0.05, 0) is 135 Å². The third kappa shape index (κ3) is 16.0. The maximum absolute atomic E-state index is 15.8. The van der Waals surface area contributed by atoms with Gasteiger partial charge in [0.15, 0.2) is 12.6 Å². The zero-order chi connectivity index (χ0) is 65.9. The smallest absolute Gasteiger partial charge is 0.414 e. The Bertz CT molecular complexity index is 3230. The third-order valence-electron chi connectivity index (χ3n) is 19.6. The maximum atomic E-state index is 15.8. The zero-order valence-corrected chi connectivity index (χ0v) is 55.0. The molecule has 0 spiro atoms. The van der Waals surface area contributed by atoms with E-state index in [0.717, 1.165) is 22.0 Å². The summed E-state index contributed by atoms with van der Waals surface area (Å²) in [5.41, 5.74) is 0.682. The first kappa shape index (κ1) is 69.7. The lowest BCUT2D eigenvalue weighted by Gasteiger charge is -2.49. The number of esters is 1. The van der Waals surface area contributed by atoms with Crippen LogP contribution < -0.4 is 10.2 Å². The Balaban J connectivity index is 0.841. The van der Waals surface area contributed by atoms with Gasteiger partial charge in [-0.1, -0.05) is 68.4 Å². The lowest BCUT2D eigenvalue weighted by molar-refractivity contribution is -0.318. The molecule has 0 aliphatic carbocycles. The van der Waals surface area contributed by atoms with Crippen LogP contribution in [0.3, 0.4) is 0 Å². The highest BCUT2D eigenvalue weighted by atomic mass is 19.1. The number of nitrogens with zero attached hydrogens (tertiary/aromatic N) is 7. The summed E-state index contributed by atoms with van der Waals surface area (Å²) >= 11 is 0. The Morgan fingerprint density at radius 3 is 2.33 bits per heavy atom. The number of hydrogen-bond acceptors (Lipinski definition) is 20. The van der Waals surface area contributed by atoms with Crippen molar-refractivity contribution in [2.45, 2.75) is 217 Å². The molecule has 1 amide bonds. The molecule has 2 aromatic heterocycles. The van der Waals surface area contributed by atoms with E-state index in [2.05, 4.69) is 26.7 Å². The van der Waals surface area contributed by atoms with Gasteiger partial charge in [0, 0.05) is 87.5 Å². The van der Waals surface area contributed by atoms with Crippen LogP contribution in [0.25, 0.3) is 22.0 Å². The number of aliphatic hydroxyl groups is 5. The van der Waals surface area contributed by atoms with Crippen LogP contribution in [0, 0.1) is 23.6 Å². The van der Waals surface area contributed by atoms with E-state index in [9.17, 15) is 35.1 Å². The van der Waals surface area contributed by atoms with Crippen LogP contribution in [0.2, 0.25) is 0 Å². The summed E-state index contributed by atoms with van der Waals surface area (Å²) in [5.74, 6) is -3.39. The Labute approximate surface area is 534 Å². The quantitative estimate of drug-likeness (QED) is 0.0494. The Morgan fingerprint density at radius 1 is 0.879 bits per heavy atom. The second-order valence-electron chi connectivity index (χ2n) is 26.9. The molecule has 4 saturated heterocycles. The van der Waals surface area contributed by atoms with Crippen molar-refractivity contribution in [2.24, 2.45) is 17.8 Å². The average Bonchev–Trinajstić information content (AvgIpc) is 1.51. The number of ether oxygens (including phenoxy) is 7. The van der Waals surface area contributed by atoms with Gasteiger partial charge in [0.05, 0.1) is 71.5 Å². The summed E-state index contributed by atoms with van der Waals surface area (Å²) in [4.78, 5) is 37.6. The molecule has 19 atom stereocenters. The molecule has 0 radical (unpaired) electrons. The molecule has 0 bridgehead atoms. The molecule has 4 fully saturated rings. The standard InChI is InChI=1S/C68H97FN8O14/c1-14-56-68(10,84)60(79)43(6)75(12)35-39(2)31-66(8,83)62(41(4)59(42(5)63(81)89-56)90-57-32-67(9,85-13)61(80)44(7)87-57)91-64-58(78)55(29-40(3)86-64)74(11)28-26-48-36-76(73-72-48)37-50-38-77(65(82)88-50)49-23-24-51(53(69)30-49)46-21-19-45(20-22-46)33-70-34-47-25-27-71-54-18-16-15-17-52(47)54/h15-25,27,30,36,39-44,50,55-62,64,70,78-80,83-84H,14,26,28-29,31-35,37-38H2,1-13H3/t39-,40-,41+,42-,43-,44+,50+,55+,56-,57+,58-,59+,60-,61+,62-,64+,66-,67-,68-/m1/s1. The van der Waals surface area contributed by atoms with Crippen molar-refractivity contribution in [1.82, 2.24) is 35.1 Å². The van der Waals surface area contributed by atoms with Crippen LogP contribution in [0.1, 0.15) is 112 Å². The topological polar surface area (TPSA) is 265 Å². The van der Waals surface area contributed by atoms with Crippen molar-refractivity contribution in [1.29, 1.82) is 0 Å². The van der Waals surface area contributed by atoms with E-state index in [1.54, 1.807) is 71.5 Å². The van der Waals surface area contributed by atoms with Gasteiger partial charge in [0.1, 0.15) is 41.9 Å². The predicted molar refractivity (Wildman–Crippen MR) is 339 cm³/mol. The number of pyridine rings is 1. The van der Waals surface area contributed by atoms with Gasteiger partial charge in [0.25, 0.3) is 0 Å². The number of rotatable bonds is 18. The van der Waals surface area contributed by atoms with Gasteiger partial charge in [-0.2, -0.15) is 0 Å². The number of carbonyl (C=O) groups excluding carboxylic acids is 2. The summed E-state index contributed by atoms with van der Waals surface area (Å²) in [7, 11) is 5.21. The molecule has 4 aliphatic heterocycles. The number of hydrogen-bond donors (Lipinski definition) is 6. The number of halogens is 1. The molecule has 22 nitrogen and oxygen atoms in total. The fourth-order valence-corrected chi connectivity index (χ4v) is 14.1. The molecular weight excluding hydrogens is 1170 g/mol. The monoisotopic (exact) mass is 1270 g/mol. The average molecular weight is 1270 g/mol. The molecule has 91 heavy (non-hydrogen) atoms. The van der Waals surface area contributed by atoms with Crippen LogP contribution in [0.5, 0.6) is 0 Å². The van der Waals surface area contributed by atoms with Gasteiger partial charge in [-0.15, -0.1) is 5.10 Å². The molecule has 23 heteroatoms. The summed E-state index contributed by atoms with van der Waals surface area (Å²) in [6, 6.07) is 21.4. The fourth-order valence-electron chi connectivity index (χ4n) is 14.1. The van der Waals surface area contributed by atoms with Crippen LogP contribution in [0.4, 0.5) is 14.9 Å². The lowest BCUT2D eigenvalue weighted by atomic mass is 9.77. The predicted octanol–water partition coefficient (Wildman–Crippen LogP) is 6.77. The number of aliphatic hydroxyl groups excluding tert-OH is 3. The number of likely N-dealkylation sites (N-methyl/N-ethyl adjacent to an activating group) is 2. The van der Waals surface area contributed by atoms with Crippen molar-refractivity contribution in [3.05, 3.63) is 108 Å². The molecule has 9 rings (SSSR count). The van der Waals surface area contributed by atoms with Crippen molar-refractivity contribution in [2.75, 3.05) is 45.7 Å². The SMILES string of the molecule is CC[C@H]1OC(=O)[C@H](C)[C@@H](O[C@H]2C[C@@](C)(OC)[C@@H](O)[C@H](C)O2)[C@H](C)[C@@H](O[C@@H]2O[C@H](C)C[C@H](N(C)CCc3cn(C[C@H]4CN(c5ccc(-c6ccc(CNCc7ccnc8ccccc78)cc6)c(F)c5)C(=O)O4)nn3)[C@H]2O)[C@](C)(O)C[C@@H](C)CN(C)[C@H](C)[C@@H](O)[C@]1(C)O. The lowest BCUT2D eigenvalue weighted by Crippen LogP contribution is -2.61. The van der Waals surface area contributed by atoms with Crippen molar-refractivity contribution in [3.8, 4) is 11.1 Å². The highest BCUT2D eigenvalue weighted by molar-refractivity contribution is 5.90. The number of cyclic esters (lactones) is 2. The summed E-state index contributed by atoms with van der Waals surface area (Å²) in [6.07, 6.45) is -6.75. The first-order valence-electron chi connectivity index (χ1n) is 32.2. The first-order chi connectivity index (χ1) is 43.1. The maximum Gasteiger partial charge on any atom is 0.414 e. The number of amides is 1. The Hall–Kier alpha value is -5.64. The minimum absolute atomic E-state index is 0.0759. The number of benzene rings is 3. The second kappa shape index (κ2) is 29.3. The van der Waals surface area contributed by atoms with Crippen LogP contribution in [-0.2, 0) is 64.0 Å². The fraction of sp³-hybridized carbons (Fsp3) is 0.632. The van der Waals surface area contributed by atoms with E-state index >= 15 is 4.39 Å². The molecule has 3 aromatic carbocycles. The van der Waals surface area contributed by atoms with Gasteiger partial charge >= 0.3 is 12.1 Å². The first-order valence-corrected chi connectivity index (χ1v) is 32.2. The van der Waals surface area contributed by atoms with E-state index in [4.69, 9.17) is 33.2 Å². The van der Waals surface area contributed by atoms with E-state index in [-0.39, 0.29) is 38.3 Å². The number of methoxy groups -OCH3 is 1. The van der Waals surface area contributed by atoms with Gasteiger partial charge in [-0.3, -0.25) is 14.7 Å². The summed E-state index contributed by atoms with van der Waals surface area (Å²) in [6.45, 7) is 19.9. The second-order valence-corrected chi connectivity index (χ2v) is 26.9. The number of anilines is 1. The Kier molecular flexibility index (Phi) is 22.5. The minimum Gasteiger partial charge on any atom is -0.459 e. The van der Waals surface area contributed by atoms with E-state index in [1.807, 2.05) is 92.5 Å². The van der Waals surface area contributed by atoms with Crippen LogP contribution >= 0.6 is 0 Å².